The van der Waals surface area contributed by atoms with Crippen molar-refractivity contribution in [3.05, 3.63) is 53.0 Å². The van der Waals surface area contributed by atoms with E-state index in [4.69, 9.17) is 10.3 Å². The van der Waals surface area contributed by atoms with Crippen LogP contribution in [0.1, 0.15) is 5.82 Å². The maximum atomic E-state index is 5.84. The zero-order valence-electron chi connectivity index (χ0n) is 10.9. The van der Waals surface area contributed by atoms with Gasteiger partial charge in [-0.15, -0.1) is 11.8 Å². The Morgan fingerprint density at radius 2 is 2.00 bits per heavy atom. The van der Waals surface area contributed by atoms with E-state index < -0.39 is 0 Å². The maximum absolute atomic E-state index is 5.84. The van der Waals surface area contributed by atoms with Gasteiger partial charge in [0.25, 0.3) is 5.89 Å². The van der Waals surface area contributed by atoms with Crippen molar-refractivity contribution in [2.75, 3.05) is 5.73 Å². The van der Waals surface area contributed by atoms with E-state index in [2.05, 4.69) is 31.1 Å². The molecule has 0 saturated carbocycles. The third kappa shape index (κ3) is 3.43. The minimum Gasteiger partial charge on any atom is -0.397 e. The summed E-state index contributed by atoms with van der Waals surface area (Å²) < 4.78 is 6.31. The van der Waals surface area contributed by atoms with Crippen LogP contribution in [0.5, 0.6) is 0 Å². The SMILES string of the molecule is Nc1cnccc1-c1nc(CSc2ccc(Br)cc2)no1. The fourth-order valence-corrected chi connectivity index (χ4v) is 2.71. The summed E-state index contributed by atoms with van der Waals surface area (Å²) >= 11 is 5.06. The number of nitrogens with two attached hydrogens (primary N) is 1. The molecule has 0 saturated heterocycles. The highest BCUT2D eigenvalue weighted by Crippen LogP contribution is 2.26. The molecule has 21 heavy (non-hydrogen) atoms. The maximum Gasteiger partial charge on any atom is 0.260 e. The van der Waals surface area contributed by atoms with Gasteiger partial charge < -0.3 is 10.3 Å². The van der Waals surface area contributed by atoms with Crippen LogP contribution in [0.15, 0.2) is 56.6 Å². The lowest BCUT2D eigenvalue weighted by Crippen LogP contribution is -1.91. The lowest BCUT2D eigenvalue weighted by atomic mass is 10.2. The molecular formula is C14H11BrN4OS. The number of rotatable bonds is 4. The molecule has 2 heterocycles. The van der Waals surface area contributed by atoms with Crippen molar-refractivity contribution in [1.82, 2.24) is 15.1 Å². The number of nitrogens with zero attached hydrogens (tertiary/aromatic N) is 3. The third-order valence-corrected chi connectivity index (χ3v) is 4.27. The van der Waals surface area contributed by atoms with Crippen molar-refractivity contribution in [3.8, 4) is 11.5 Å². The minimum atomic E-state index is 0.418. The predicted molar refractivity (Wildman–Crippen MR) is 85.6 cm³/mol. The van der Waals surface area contributed by atoms with Gasteiger partial charge in [-0.1, -0.05) is 21.1 Å². The third-order valence-electron chi connectivity index (χ3n) is 2.73. The summed E-state index contributed by atoms with van der Waals surface area (Å²) in [5.41, 5.74) is 7.07. The lowest BCUT2D eigenvalue weighted by Gasteiger charge is -1.98. The second-order valence-electron chi connectivity index (χ2n) is 4.22. The molecule has 7 heteroatoms. The molecule has 0 spiro atoms. The Morgan fingerprint density at radius 3 is 2.76 bits per heavy atom. The fraction of sp³-hybridized carbons (Fsp3) is 0.0714. The summed E-state index contributed by atoms with van der Waals surface area (Å²) in [7, 11) is 0. The summed E-state index contributed by atoms with van der Waals surface area (Å²) in [5.74, 6) is 1.69. The van der Waals surface area contributed by atoms with Crippen LogP contribution in [0.4, 0.5) is 5.69 Å². The number of nitrogen functional groups attached to an aromatic ring is 1. The smallest absolute Gasteiger partial charge is 0.260 e. The molecule has 0 radical (unpaired) electrons. The number of anilines is 1. The van der Waals surface area contributed by atoms with Gasteiger partial charge in [0.1, 0.15) is 0 Å². The van der Waals surface area contributed by atoms with Crippen molar-refractivity contribution >= 4 is 33.4 Å². The number of halogens is 1. The molecule has 1 aromatic carbocycles. The molecule has 3 rings (SSSR count). The Bertz CT molecular complexity index is 745. The molecular weight excluding hydrogens is 352 g/mol. The van der Waals surface area contributed by atoms with Crippen LogP contribution in [0, 0.1) is 0 Å². The Morgan fingerprint density at radius 1 is 1.19 bits per heavy atom. The first-order valence-corrected chi connectivity index (χ1v) is 7.91. The molecule has 2 aromatic heterocycles. The predicted octanol–water partition coefficient (Wildman–Crippen LogP) is 3.77. The van der Waals surface area contributed by atoms with E-state index in [9.17, 15) is 0 Å². The lowest BCUT2D eigenvalue weighted by molar-refractivity contribution is 0.425. The van der Waals surface area contributed by atoms with Crippen LogP contribution >= 0.6 is 27.7 Å². The molecule has 5 nitrogen and oxygen atoms in total. The van der Waals surface area contributed by atoms with E-state index in [-0.39, 0.29) is 0 Å². The molecule has 0 fully saturated rings. The minimum absolute atomic E-state index is 0.418. The summed E-state index contributed by atoms with van der Waals surface area (Å²) in [6.45, 7) is 0. The van der Waals surface area contributed by atoms with Gasteiger partial charge in [0, 0.05) is 15.6 Å². The Balaban J connectivity index is 1.71. The number of thioether (sulfide) groups is 1. The average molecular weight is 363 g/mol. The number of benzene rings is 1. The van der Waals surface area contributed by atoms with Crippen molar-refractivity contribution < 1.29 is 4.52 Å². The van der Waals surface area contributed by atoms with Crippen LogP contribution in [0.3, 0.4) is 0 Å². The molecule has 0 bridgehead atoms. The van der Waals surface area contributed by atoms with Gasteiger partial charge in [0.15, 0.2) is 5.82 Å². The summed E-state index contributed by atoms with van der Waals surface area (Å²) in [6.07, 6.45) is 3.21. The first kappa shape index (κ1) is 14.1. The normalized spacial score (nSPS) is 10.7. The second-order valence-corrected chi connectivity index (χ2v) is 6.19. The van der Waals surface area contributed by atoms with Gasteiger partial charge in [-0.05, 0) is 30.3 Å². The first-order valence-electron chi connectivity index (χ1n) is 6.13. The highest BCUT2D eigenvalue weighted by atomic mass is 79.9. The summed E-state index contributed by atoms with van der Waals surface area (Å²) in [5, 5.41) is 3.97. The Hall–Kier alpha value is -1.86. The van der Waals surface area contributed by atoms with Gasteiger partial charge in [-0.25, -0.2) is 0 Å². The average Bonchev–Trinajstić information content (AvgIpc) is 2.96. The zero-order valence-corrected chi connectivity index (χ0v) is 13.3. The van der Waals surface area contributed by atoms with Gasteiger partial charge in [-0.2, -0.15) is 4.98 Å². The largest absolute Gasteiger partial charge is 0.397 e. The Kier molecular flexibility index (Phi) is 4.21. The highest BCUT2D eigenvalue weighted by Gasteiger charge is 2.11. The topological polar surface area (TPSA) is 77.8 Å². The summed E-state index contributed by atoms with van der Waals surface area (Å²) in [6, 6.07) is 9.84. The number of pyridine rings is 1. The van der Waals surface area contributed by atoms with Gasteiger partial charge in [-0.3, -0.25) is 4.98 Å². The molecule has 0 atom stereocenters. The van der Waals surface area contributed by atoms with Gasteiger partial charge >= 0.3 is 0 Å². The quantitative estimate of drug-likeness (QED) is 0.711. The van der Waals surface area contributed by atoms with E-state index in [0.29, 0.717) is 28.7 Å². The van der Waals surface area contributed by atoms with E-state index >= 15 is 0 Å². The van der Waals surface area contributed by atoms with E-state index in [1.54, 1.807) is 30.2 Å². The molecule has 0 aliphatic rings. The molecule has 2 N–H and O–H groups in total. The number of aromatic nitrogens is 3. The van der Waals surface area contributed by atoms with Crippen molar-refractivity contribution in [2.24, 2.45) is 0 Å². The zero-order chi connectivity index (χ0) is 14.7. The molecule has 0 aliphatic heterocycles. The molecule has 0 aliphatic carbocycles. The van der Waals surface area contributed by atoms with Crippen LogP contribution < -0.4 is 5.73 Å². The Labute approximate surface area is 134 Å². The van der Waals surface area contributed by atoms with Crippen molar-refractivity contribution in [2.45, 2.75) is 10.6 Å². The van der Waals surface area contributed by atoms with Crippen LogP contribution in [0.25, 0.3) is 11.5 Å². The molecule has 106 valence electrons. The van der Waals surface area contributed by atoms with Gasteiger partial charge in [0.05, 0.1) is 23.2 Å². The van der Waals surface area contributed by atoms with Gasteiger partial charge in [0.2, 0.25) is 0 Å². The van der Waals surface area contributed by atoms with E-state index in [0.717, 1.165) is 9.37 Å². The highest BCUT2D eigenvalue weighted by molar-refractivity contribution is 9.10. The molecule has 3 aromatic rings. The summed E-state index contributed by atoms with van der Waals surface area (Å²) in [4.78, 5) is 9.44. The fourth-order valence-electron chi connectivity index (χ4n) is 1.70. The number of hydrogen-bond donors (Lipinski definition) is 1. The standard InChI is InChI=1S/C14H11BrN4OS/c15-9-1-3-10(4-2-9)21-8-13-18-14(20-19-13)11-5-6-17-7-12(11)16/h1-7H,8,16H2. The molecule has 0 unspecified atom stereocenters. The van der Waals surface area contributed by atoms with Crippen molar-refractivity contribution in [3.63, 3.8) is 0 Å². The monoisotopic (exact) mass is 362 g/mol. The molecule has 0 amide bonds. The van der Waals surface area contributed by atoms with E-state index in [1.165, 1.54) is 0 Å². The number of hydrogen-bond acceptors (Lipinski definition) is 6. The van der Waals surface area contributed by atoms with Crippen LogP contribution in [0.2, 0.25) is 0 Å². The van der Waals surface area contributed by atoms with Crippen LogP contribution in [-0.2, 0) is 5.75 Å². The first-order chi connectivity index (χ1) is 10.2. The second kappa shape index (κ2) is 6.28. The van der Waals surface area contributed by atoms with Crippen molar-refractivity contribution in [1.29, 1.82) is 0 Å². The van der Waals surface area contributed by atoms with Crippen LogP contribution in [-0.4, -0.2) is 15.1 Å². The van der Waals surface area contributed by atoms with E-state index in [1.807, 2.05) is 24.3 Å².